The van der Waals surface area contributed by atoms with Gasteiger partial charge in [-0.1, -0.05) is 18.2 Å². The number of aliphatic hydroxyl groups excluding tert-OH is 1. The molecule has 2 rings (SSSR count). The quantitative estimate of drug-likeness (QED) is 0.297. The van der Waals surface area contributed by atoms with Crippen LogP contribution in [0.3, 0.4) is 0 Å². The van der Waals surface area contributed by atoms with Crippen molar-refractivity contribution in [3.63, 3.8) is 0 Å². The molecule has 0 aromatic heterocycles. The third-order valence-electron chi connectivity index (χ3n) is 3.88. The lowest BCUT2D eigenvalue weighted by Gasteiger charge is -2.42. The van der Waals surface area contributed by atoms with Crippen molar-refractivity contribution in [2.75, 3.05) is 25.4 Å². The summed E-state index contributed by atoms with van der Waals surface area (Å²) in [4.78, 5) is 12.6. The summed E-state index contributed by atoms with van der Waals surface area (Å²) >= 11 is 0. The average Bonchev–Trinajstić information content (AvgIpc) is 2.63. The van der Waals surface area contributed by atoms with Crippen LogP contribution in [0.5, 0.6) is 0 Å². The fraction of sp³-hybridized carbons (Fsp3) is 0.562. The highest BCUT2D eigenvalue weighted by atomic mass is 32.2. The van der Waals surface area contributed by atoms with Gasteiger partial charge in [0.15, 0.2) is 18.5 Å². The molecule has 13 nitrogen and oxygen atoms in total. The fourth-order valence-electron chi connectivity index (χ4n) is 2.74. The monoisotopic (exact) mass is 518 g/mol. The Morgan fingerprint density at radius 3 is 1.91 bits per heavy atom. The van der Waals surface area contributed by atoms with E-state index in [0.717, 1.165) is 0 Å². The van der Waals surface area contributed by atoms with E-state index in [1.165, 1.54) is 24.3 Å². The first kappa shape index (κ1) is 26.6. The molecule has 1 saturated heterocycles. The van der Waals surface area contributed by atoms with Gasteiger partial charge < -0.3 is 14.6 Å². The van der Waals surface area contributed by atoms with Crippen LogP contribution in [0.25, 0.3) is 0 Å². The molecule has 1 fully saturated rings. The Labute approximate surface area is 185 Å². The van der Waals surface area contributed by atoms with E-state index in [4.69, 9.17) is 17.8 Å². The van der Waals surface area contributed by atoms with Gasteiger partial charge in [-0.15, -0.1) is 0 Å². The van der Waals surface area contributed by atoms with Gasteiger partial charge in [-0.25, -0.2) is 4.79 Å². The molecule has 1 aliphatic rings. The molecule has 0 bridgehead atoms. The molecule has 1 heterocycles. The summed E-state index contributed by atoms with van der Waals surface area (Å²) in [7, 11) is -12.6. The van der Waals surface area contributed by atoms with Gasteiger partial charge in [0.1, 0.15) is 12.2 Å². The Bertz CT molecular complexity index is 1110. The van der Waals surface area contributed by atoms with Gasteiger partial charge in [0, 0.05) is 0 Å². The van der Waals surface area contributed by atoms with E-state index in [0.29, 0.717) is 18.8 Å². The smallest absolute Gasteiger partial charge is 0.338 e. The van der Waals surface area contributed by atoms with Gasteiger partial charge >= 0.3 is 5.97 Å². The maximum absolute atomic E-state index is 12.6. The van der Waals surface area contributed by atoms with Crippen molar-refractivity contribution in [2.45, 2.75) is 30.7 Å². The number of carbonyl (C=O) groups excluding carboxylic acids is 1. The second-order valence-corrected chi connectivity index (χ2v) is 11.7. The lowest BCUT2D eigenvalue weighted by Crippen LogP contribution is -2.62. The highest BCUT2D eigenvalue weighted by molar-refractivity contribution is 7.86. The van der Waals surface area contributed by atoms with Crippen LogP contribution in [0.2, 0.25) is 0 Å². The molecule has 1 aromatic carbocycles. The van der Waals surface area contributed by atoms with Crippen molar-refractivity contribution < 1.29 is 57.2 Å². The normalized spacial score (nSPS) is 27.1. The van der Waals surface area contributed by atoms with Gasteiger partial charge in [-0.05, 0) is 12.1 Å². The van der Waals surface area contributed by atoms with Crippen LogP contribution in [0.15, 0.2) is 30.3 Å². The number of hydrogen-bond donors (Lipinski definition) is 1. The van der Waals surface area contributed by atoms with Crippen LogP contribution >= 0.6 is 0 Å². The van der Waals surface area contributed by atoms with E-state index in [1.54, 1.807) is 6.07 Å². The average molecular weight is 519 g/mol. The summed E-state index contributed by atoms with van der Waals surface area (Å²) in [6, 6.07) is 7.35. The summed E-state index contributed by atoms with van der Waals surface area (Å²) in [5.41, 5.74) is 0.00799. The largest absolute Gasteiger partial charge is 0.453 e. The molecule has 1 aromatic rings. The lowest BCUT2D eigenvalue weighted by molar-refractivity contribution is -0.272. The highest BCUT2D eigenvalue weighted by Gasteiger charge is 2.52. The SMILES string of the molecule is CS(=O)(=O)OC[C@@H]1O[C@H](O)[C@@H](OS(C)(=O)=O)[C@H](OC(=O)c2ccccc2)[C@@H]1OS(C)(=O)=O. The van der Waals surface area contributed by atoms with Crippen LogP contribution in [0.4, 0.5) is 0 Å². The minimum absolute atomic E-state index is 0.00799. The standard InChI is InChI=1S/C16H22O13S3/c1-30(19,20)25-9-11-12(28-31(2,21)22)13(14(16(18)26-11)29-32(3,23)24)27-15(17)10-7-5-4-6-8-10/h4-8,11-14,16,18H,9H2,1-3H3/t11-,12+,13+,14-,16-/m0/s1. The molecule has 0 aliphatic carbocycles. The Kier molecular flexibility index (Phi) is 8.38. The molecule has 0 unspecified atom stereocenters. The van der Waals surface area contributed by atoms with E-state index in [1.807, 2.05) is 0 Å². The lowest BCUT2D eigenvalue weighted by atomic mass is 9.99. The number of aliphatic hydroxyl groups is 1. The van der Waals surface area contributed by atoms with Crippen LogP contribution in [0.1, 0.15) is 10.4 Å². The first-order valence-corrected chi connectivity index (χ1v) is 14.2. The number of ether oxygens (including phenoxy) is 2. The molecule has 5 atom stereocenters. The van der Waals surface area contributed by atoms with Gasteiger partial charge in [-0.3, -0.25) is 12.5 Å². The number of benzene rings is 1. The van der Waals surface area contributed by atoms with E-state index < -0.39 is 73.6 Å². The van der Waals surface area contributed by atoms with Gasteiger partial charge in [0.25, 0.3) is 30.4 Å². The van der Waals surface area contributed by atoms with Crippen LogP contribution < -0.4 is 0 Å². The van der Waals surface area contributed by atoms with Crippen molar-refractivity contribution in [1.82, 2.24) is 0 Å². The van der Waals surface area contributed by atoms with Crippen molar-refractivity contribution >= 4 is 36.3 Å². The molecule has 32 heavy (non-hydrogen) atoms. The molecular weight excluding hydrogens is 496 g/mol. The molecule has 0 radical (unpaired) electrons. The molecule has 16 heteroatoms. The summed E-state index contributed by atoms with van der Waals surface area (Å²) < 4.78 is 94.4. The molecule has 182 valence electrons. The minimum Gasteiger partial charge on any atom is -0.453 e. The van der Waals surface area contributed by atoms with Crippen molar-refractivity contribution in [1.29, 1.82) is 0 Å². The first-order valence-electron chi connectivity index (χ1n) is 8.76. The molecular formula is C16H22O13S3. The highest BCUT2D eigenvalue weighted by Crippen LogP contribution is 2.30. The fourth-order valence-corrected chi connectivity index (χ4v) is 4.37. The molecule has 1 aliphatic heterocycles. The Morgan fingerprint density at radius 2 is 1.41 bits per heavy atom. The third-order valence-corrected chi connectivity index (χ3v) is 5.59. The molecule has 0 saturated carbocycles. The van der Waals surface area contributed by atoms with Crippen molar-refractivity contribution in [3.05, 3.63) is 35.9 Å². The number of esters is 1. The summed E-state index contributed by atoms with van der Waals surface area (Å²) in [5, 5.41) is 10.3. The summed E-state index contributed by atoms with van der Waals surface area (Å²) in [6.07, 6.45) is -7.37. The first-order chi connectivity index (χ1) is 14.6. The van der Waals surface area contributed by atoms with Crippen LogP contribution in [-0.2, 0) is 52.4 Å². The number of hydrogen-bond acceptors (Lipinski definition) is 13. The zero-order valence-corrected chi connectivity index (χ0v) is 19.5. The minimum atomic E-state index is -4.29. The zero-order chi connectivity index (χ0) is 24.3. The number of carbonyl (C=O) groups is 1. The molecule has 1 N–H and O–H groups in total. The van der Waals surface area contributed by atoms with Crippen molar-refractivity contribution in [3.8, 4) is 0 Å². The van der Waals surface area contributed by atoms with Crippen LogP contribution in [-0.4, -0.2) is 92.4 Å². The van der Waals surface area contributed by atoms with E-state index >= 15 is 0 Å². The van der Waals surface area contributed by atoms with Crippen LogP contribution in [0, 0.1) is 0 Å². The second kappa shape index (κ2) is 10.1. The topological polar surface area (TPSA) is 186 Å². The van der Waals surface area contributed by atoms with Gasteiger partial charge in [0.2, 0.25) is 0 Å². The Balaban J connectivity index is 2.48. The third kappa shape index (κ3) is 8.36. The van der Waals surface area contributed by atoms with Crippen molar-refractivity contribution in [2.24, 2.45) is 0 Å². The summed E-state index contributed by atoms with van der Waals surface area (Å²) in [5.74, 6) is -1.03. The number of rotatable bonds is 9. The summed E-state index contributed by atoms with van der Waals surface area (Å²) in [6.45, 7) is -0.846. The maximum Gasteiger partial charge on any atom is 0.338 e. The predicted octanol–water partition coefficient (Wildman–Crippen LogP) is -1.40. The maximum atomic E-state index is 12.6. The predicted molar refractivity (Wildman–Crippen MR) is 107 cm³/mol. The van der Waals surface area contributed by atoms with Gasteiger partial charge in [0.05, 0.1) is 30.9 Å². The molecule has 0 spiro atoms. The van der Waals surface area contributed by atoms with E-state index in [9.17, 15) is 35.2 Å². The second-order valence-electron chi connectivity index (χ2n) is 6.82. The van der Waals surface area contributed by atoms with E-state index in [-0.39, 0.29) is 5.56 Å². The van der Waals surface area contributed by atoms with E-state index in [2.05, 4.69) is 4.18 Å². The molecule has 0 amide bonds. The van der Waals surface area contributed by atoms with Gasteiger partial charge in [-0.2, -0.15) is 25.3 Å². The Hall–Kier alpha value is -1.66. The Morgan fingerprint density at radius 1 is 0.875 bits per heavy atom. The zero-order valence-electron chi connectivity index (χ0n) is 17.1.